The summed E-state index contributed by atoms with van der Waals surface area (Å²) in [4.78, 5) is 41.7. The molecule has 1 aliphatic carbocycles. The van der Waals surface area contributed by atoms with E-state index in [0.717, 1.165) is 33.6 Å². The molecule has 0 spiro atoms. The zero-order valence-corrected chi connectivity index (χ0v) is 25.3. The lowest BCUT2D eigenvalue weighted by Gasteiger charge is -2.48. The quantitative estimate of drug-likeness (QED) is 0.253. The molecule has 2 unspecified atom stereocenters. The molecule has 2 atom stereocenters. The third kappa shape index (κ3) is 5.96. The first-order valence-electron chi connectivity index (χ1n) is 14.8. The van der Waals surface area contributed by atoms with Crippen LogP contribution >= 0.6 is 0 Å². The third-order valence-electron chi connectivity index (χ3n) is 8.97. The number of rotatable bonds is 8. The zero-order valence-electron chi connectivity index (χ0n) is 25.3. The molecule has 43 heavy (non-hydrogen) atoms. The van der Waals surface area contributed by atoms with E-state index in [0.29, 0.717) is 13.0 Å². The fraction of sp³-hybridized carbons (Fsp3) is 0.400. The summed E-state index contributed by atoms with van der Waals surface area (Å²) in [7, 11) is 1.61. The number of esters is 1. The predicted molar refractivity (Wildman–Crippen MR) is 164 cm³/mol. The van der Waals surface area contributed by atoms with E-state index in [1.54, 1.807) is 7.11 Å². The van der Waals surface area contributed by atoms with Crippen LogP contribution in [0.3, 0.4) is 0 Å². The standard InChI is InChI=1S/C35H40N2O6/c1-34(2,3)30-21-35(18-20-37(30)33(40)41,31(38)36-19-17-23-13-15-24(42-4)16-14-23)32(39)43-22-29-27-11-7-5-9-25(27)26-10-6-8-12-28(26)29/h5-16,29-30H,17-22H2,1-4H3,(H,36,38)(H,40,41). The van der Waals surface area contributed by atoms with Gasteiger partial charge in [0.25, 0.3) is 0 Å². The van der Waals surface area contributed by atoms with Gasteiger partial charge in [-0.2, -0.15) is 0 Å². The van der Waals surface area contributed by atoms with E-state index in [2.05, 4.69) is 29.6 Å². The highest BCUT2D eigenvalue weighted by atomic mass is 16.5. The number of carboxylic acid groups (broad SMARTS) is 1. The van der Waals surface area contributed by atoms with Crippen molar-refractivity contribution in [1.29, 1.82) is 0 Å². The molecule has 3 aromatic rings. The number of hydrogen-bond donors (Lipinski definition) is 2. The topological polar surface area (TPSA) is 105 Å². The van der Waals surface area contributed by atoms with E-state index in [-0.39, 0.29) is 31.9 Å². The van der Waals surface area contributed by atoms with Gasteiger partial charge in [0.2, 0.25) is 5.91 Å². The number of ether oxygens (including phenoxy) is 2. The smallest absolute Gasteiger partial charge is 0.407 e. The van der Waals surface area contributed by atoms with Crippen molar-refractivity contribution in [3.63, 3.8) is 0 Å². The van der Waals surface area contributed by atoms with E-state index in [9.17, 15) is 19.5 Å². The van der Waals surface area contributed by atoms with Crippen LogP contribution in [0.25, 0.3) is 11.1 Å². The molecule has 8 heteroatoms. The van der Waals surface area contributed by atoms with E-state index < -0.39 is 34.8 Å². The molecule has 1 saturated heterocycles. The molecule has 8 nitrogen and oxygen atoms in total. The molecule has 0 saturated carbocycles. The number of nitrogens with zero attached hydrogens (tertiary/aromatic N) is 1. The van der Waals surface area contributed by atoms with Gasteiger partial charge in [-0.15, -0.1) is 0 Å². The molecule has 2 amide bonds. The maximum Gasteiger partial charge on any atom is 0.407 e. The van der Waals surface area contributed by atoms with Gasteiger partial charge in [0.05, 0.1) is 7.11 Å². The van der Waals surface area contributed by atoms with Crippen LogP contribution in [0.5, 0.6) is 5.75 Å². The Balaban J connectivity index is 1.38. The summed E-state index contributed by atoms with van der Waals surface area (Å²) in [6.07, 6.45) is -0.383. The minimum Gasteiger partial charge on any atom is -0.497 e. The van der Waals surface area contributed by atoms with Crippen LogP contribution in [0, 0.1) is 10.8 Å². The molecule has 1 aliphatic heterocycles. The average Bonchev–Trinajstić information content (AvgIpc) is 3.32. The van der Waals surface area contributed by atoms with Crippen molar-refractivity contribution in [2.75, 3.05) is 26.8 Å². The maximum absolute atomic E-state index is 14.1. The van der Waals surface area contributed by atoms with Crippen molar-refractivity contribution in [2.24, 2.45) is 10.8 Å². The number of carbonyl (C=O) groups excluding carboxylic acids is 2. The Kier molecular flexibility index (Phi) is 8.49. The number of amides is 2. The van der Waals surface area contributed by atoms with Gasteiger partial charge in [0.15, 0.2) is 0 Å². The first-order chi connectivity index (χ1) is 20.5. The van der Waals surface area contributed by atoms with Crippen molar-refractivity contribution < 1.29 is 29.0 Å². The molecular formula is C35H40N2O6. The molecule has 1 heterocycles. The lowest BCUT2D eigenvalue weighted by atomic mass is 9.68. The van der Waals surface area contributed by atoms with E-state index in [1.165, 1.54) is 4.90 Å². The van der Waals surface area contributed by atoms with E-state index in [1.807, 2.05) is 69.3 Å². The minimum absolute atomic E-state index is 0.0494. The Bertz CT molecular complexity index is 1450. The Hall–Kier alpha value is -4.33. The number of likely N-dealkylation sites (tertiary alicyclic amines) is 1. The van der Waals surface area contributed by atoms with Crippen molar-refractivity contribution in [2.45, 2.75) is 52.0 Å². The SMILES string of the molecule is COc1ccc(CCNC(=O)C2(C(=O)OCC3c4ccccc4-c4ccccc43)CCN(C(=O)O)C(C(C)(C)C)C2)cc1. The van der Waals surface area contributed by atoms with Crippen LogP contribution < -0.4 is 10.1 Å². The number of piperidine rings is 1. The van der Waals surface area contributed by atoms with Crippen molar-refractivity contribution >= 4 is 18.0 Å². The molecule has 5 rings (SSSR count). The van der Waals surface area contributed by atoms with Crippen molar-refractivity contribution in [3.8, 4) is 16.9 Å². The van der Waals surface area contributed by atoms with Crippen LogP contribution in [0.4, 0.5) is 4.79 Å². The van der Waals surface area contributed by atoms with Gasteiger partial charge < -0.3 is 24.8 Å². The summed E-state index contributed by atoms with van der Waals surface area (Å²) < 4.78 is 11.3. The second-order valence-corrected chi connectivity index (χ2v) is 12.6. The molecule has 0 bridgehead atoms. The number of carbonyl (C=O) groups is 3. The molecule has 3 aromatic carbocycles. The van der Waals surface area contributed by atoms with Crippen LogP contribution in [0.15, 0.2) is 72.8 Å². The predicted octanol–water partition coefficient (Wildman–Crippen LogP) is 5.88. The molecule has 0 radical (unpaired) electrons. The Labute approximate surface area is 253 Å². The summed E-state index contributed by atoms with van der Waals surface area (Å²) in [5.41, 5.74) is 3.41. The van der Waals surface area contributed by atoms with Crippen molar-refractivity contribution in [1.82, 2.24) is 10.2 Å². The van der Waals surface area contributed by atoms with Crippen LogP contribution in [0.2, 0.25) is 0 Å². The summed E-state index contributed by atoms with van der Waals surface area (Å²) >= 11 is 0. The lowest BCUT2D eigenvalue weighted by molar-refractivity contribution is -0.167. The van der Waals surface area contributed by atoms with Crippen LogP contribution in [-0.2, 0) is 20.7 Å². The molecular weight excluding hydrogens is 544 g/mol. The highest BCUT2D eigenvalue weighted by molar-refractivity contribution is 6.03. The summed E-state index contributed by atoms with van der Waals surface area (Å²) in [5, 5.41) is 12.9. The fourth-order valence-electron chi connectivity index (χ4n) is 6.51. The molecule has 0 aromatic heterocycles. The van der Waals surface area contributed by atoms with Crippen molar-refractivity contribution in [3.05, 3.63) is 89.5 Å². The highest BCUT2D eigenvalue weighted by Gasteiger charge is 2.55. The number of fused-ring (bicyclic) bond motifs is 3. The highest BCUT2D eigenvalue weighted by Crippen LogP contribution is 2.46. The Morgan fingerprint density at radius 3 is 2.12 bits per heavy atom. The van der Waals surface area contributed by atoms with Gasteiger partial charge in [-0.25, -0.2) is 4.79 Å². The summed E-state index contributed by atoms with van der Waals surface area (Å²) in [5.74, 6) is -0.419. The van der Waals surface area contributed by atoms with Crippen LogP contribution in [0.1, 0.15) is 56.2 Å². The average molecular weight is 585 g/mol. The van der Waals surface area contributed by atoms with Gasteiger partial charge in [-0.05, 0) is 64.6 Å². The largest absolute Gasteiger partial charge is 0.497 e. The monoisotopic (exact) mass is 584 g/mol. The molecule has 1 fully saturated rings. The summed E-state index contributed by atoms with van der Waals surface area (Å²) in [6, 6.07) is 23.3. The van der Waals surface area contributed by atoms with Gasteiger partial charge in [-0.3, -0.25) is 9.59 Å². The summed E-state index contributed by atoms with van der Waals surface area (Å²) in [6.45, 7) is 6.28. The number of methoxy groups -OCH3 is 1. The number of hydrogen-bond acceptors (Lipinski definition) is 5. The third-order valence-corrected chi connectivity index (χ3v) is 8.97. The lowest BCUT2D eigenvalue weighted by Crippen LogP contribution is -2.61. The maximum atomic E-state index is 14.1. The second-order valence-electron chi connectivity index (χ2n) is 12.6. The zero-order chi connectivity index (χ0) is 30.8. The van der Waals surface area contributed by atoms with Gasteiger partial charge in [0.1, 0.15) is 17.8 Å². The Morgan fingerprint density at radius 1 is 0.953 bits per heavy atom. The number of nitrogens with one attached hydrogen (secondary N) is 1. The van der Waals surface area contributed by atoms with Crippen LogP contribution in [-0.4, -0.2) is 60.8 Å². The number of benzene rings is 3. The molecule has 2 aliphatic rings. The van der Waals surface area contributed by atoms with Gasteiger partial charge in [-0.1, -0.05) is 81.4 Å². The first kappa shape index (κ1) is 30.1. The van der Waals surface area contributed by atoms with Gasteiger partial charge in [0, 0.05) is 25.0 Å². The molecule has 226 valence electrons. The normalized spacial score (nSPS) is 19.7. The minimum atomic E-state index is -1.51. The van der Waals surface area contributed by atoms with E-state index >= 15 is 0 Å². The second kappa shape index (κ2) is 12.1. The van der Waals surface area contributed by atoms with Gasteiger partial charge >= 0.3 is 12.1 Å². The first-order valence-corrected chi connectivity index (χ1v) is 14.8. The fourth-order valence-corrected chi connectivity index (χ4v) is 6.51. The Morgan fingerprint density at radius 2 is 1.56 bits per heavy atom. The molecule has 2 N–H and O–H groups in total. The van der Waals surface area contributed by atoms with E-state index in [4.69, 9.17) is 9.47 Å².